The zero-order valence-corrected chi connectivity index (χ0v) is 10.0. The van der Waals surface area contributed by atoms with Crippen molar-refractivity contribution in [1.29, 1.82) is 0 Å². The molecule has 0 fully saturated rings. The van der Waals surface area contributed by atoms with Crippen LogP contribution in [-0.4, -0.2) is 11.1 Å². The Balaban J connectivity index is 3.13. The standard InChI is InChI=1S/C14H20O2/c1-2-3-4-5-6-7-8-9-10-11-12-13-14(15)16/h6-13H2,1H3,(H,15,16). The fraction of sp³-hybridized carbons (Fsp3) is 0.643. The Morgan fingerprint density at radius 2 is 1.62 bits per heavy atom. The third-order valence-electron chi connectivity index (χ3n) is 2.22. The first-order chi connectivity index (χ1) is 7.77. The molecule has 2 nitrogen and oxygen atoms in total. The molecule has 0 saturated carbocycles. The van der Waals surface area contributed by atoms with Crippen molar-refractivity contribution in [3.8, 4) is 23.7 Å². The summed E-state index contributed by atoms with van der Waals surface area (Å²) in [5.41, 5.74) is 0. The predicted octanol–water partition coefficient (Wildman–Crippen LogP) is 3.22. The van der Waals surface area contributed by atoms with Crippen LogP contribution in [0.5, 0.6) is 0 Å². The number of aliphatic carboxylic acids is 1. The molecule has 88 valence electrons. The Kier molecular flexibility index (Phi) is 10.6. The van der Waals surface area contributed by atoms with E-state index in [0.29, 0.717) is 6.42 Å². The van der Waals surface area contributed by atoms with Crippen molar-refractivity contribution >= 4 is 5.97 Å². The Labute approximate surface area is 98.4 Å². The highest BCUT2D eigenvalue weighted by Crippen LogP contribution is 2.08. The topological polar surface area (TPSA) is 37.3 Å². The fourth-order valence-electron chi connectivity index (χ4n) is 1.37. The van der Waals surface area contributed by atoms with Gasteiger partial charge in [-0.25, -0.2) is 0 Å². The predicted molar refractivity (Wildman–Crippen MR) is 65.8 cm³/mol. The minimum atomic E-state index is -0.688. The van der Waals surface area contributed by atoms with Crippen LogP contribution in [0.2, 0.25) is 0 Å². The third kappa shape index (κ3) is 12.6. The maximum absolute atomic E-state index is 10.2. The van der Waals surface area contributed by atoms with Crippen molar-refractivity contribution in [2.24, 2.45) is 0 Å². The molecule has 0 unspecified atom stereocenters. The number of hydrogen-bond acceptors (Lipinski definition) is 1. The van der Waals surface area contributed by atoms with Gasteiger partial charge in [-0.2, -0.15) is 0 Å². The number of unbranched alkanes of at least 4 members (excludes halogenated alkanes) is 6. The van der Waals surface area contributed by atoms with Crippen LogP contribution in [0.1, 0.15) is 58.3 Å². The molecule has 0 atom stereocenters. The lowest BCUT2D eigenvalue weighted by Crippen LogP contribution is -1.93. The van der Waals surface area contributed by atoms with Gasteiger partial charge >= 0.3 is 5.97 Å². The molecule has 0 aliphatic carbocycles. The Hall–Kier alpha value is -1.41. The molecular formula is C14H20O2. The lowest BCUT2D eigenvalue weighted by atomic mass is 10.1. The smallest absolute Gasteiger partial charge is 0.303 e. The van der Waals surface area contributed by atoms with Crippen molar-refractivity contribution in [3.63, 3.8) is 0 Å². The number of carbonyl (C=O) groups is 1. The number of carboxylic acids is 1. The van der Waals surface area contributed by atoms with Crippen molar-refractivity contribution < 1.29 is 9.90 Å². The highest BCUT2D eigenvalue weighted by molar-refractivity contribution is 5.66. The van der Waals surface area contributed by atoms with Gasteiger partial charge in [0.1, 0.15) is 0 Å². The molecule has 0 aliphatic rings. The fourth-order valence-corrected chi connectivity index (χ4v) is 1.37. The molecule has 0 bridgehead atoms. The summed E-state index contributed by atoms with van der Waals surface area (Å²) in [4.78, 5) is 10.2. The van der Waals surface area contributed by atoms with Crippen LogP contribution >= 0.6 is 0 Å². The van der Waals surface area contributed by atoms with Crippen LogP contribution in [0.25, 0.3) is 0 Å². The molecule has 0 aliphatic heterocycles. The summed E-state index contributed by atoms with van der Waals surface area (Å²) in [6.45, 7) is 1.78. The maximum atomic E-state index is 10.2. The van der Waals surface area contributed by atoms with Crippen LogP contribution in [0.4, 0.5) is 0 Å². The summed E-state index contributed by atoms with van der Waals surface area (Å²) in [5, 5.41) is 8.43. The van der Waals surface area contributed by atoms with E-state index in [1.165, 1.54) is 12.8 Å². The quantitative estimate of drug-likeness (QED) is 0.503. The Morgan fingerprint density at radius 3 is 2.25 bits per heavy atom. The monoisotopic (exact) mass is 220 g/mol. The molecule has 1 N–H and O–H groups in total. The van der Waals surface area contributed by atoms with E-state index in [1.807, 2.05) is 0 Å². The zero-order chi connectivity index (χ0) is 12.1. The van der Waals surface area contributed by atoms with Crippen molar-refractivity contribution in [2.45, 2.75) is 58.3 Å². The van der Waals surface area contributed by atoms with E-state index in [1.54, 1.807) is 6.92 Å². The van der Waals surface area contributed by atoms with E-state index >= 15 is 0 Å². The average molecular weight is 220 g/mol. The van der Waals surface area contributed by atoms with E-state index in [2.05, 4.69) is 23.7 Å². The molecule has 2 heteroatoms. The van der Waals surface area contributed by atoms with E-state index in [4.69, 9.17) is 5.11 Å². The molecule has 0 rings (SSSR count). The zero-order valence-electron chi connectivity index (χ0n) is 10.0. The van der Waals surface area contributed by atoms with Gasteiger partial charge in [-0.3, -0.25) is 4.79 Å². The molecule has 16 heavy (non-hydrogen) atoms. The normalized spacial score (nSPS) is 8.56. The van der Waals surface area contributed by atoms with Gasteiger partial charge in [-0.05, 0) is 31.6 Å². The Bertz CT molecular complexity index is 296. The van der Waals surface area contributed by atoms with Crippen molar-refractivity contribution in [3.05, 3.63) is 0 Å². The summed E-state index contributed by atoms with van der Waals surface area (Å²) < 4.78 is 0. The van der Waals surface area contributed by atoms with Gasteiger partial charge in [-0.1, -0.05) is 37.5 Å². The molecule has 0 spiro atoms. The van der Waals surface area contributed by atoms with Gasteiger partial charge in [-0.15, -0.1) is 0 Å². The molecule has 0 aromatic carbocycles. The van der Waals surface area contributed by atoms with E-state index < -0.39 is 5.97 Å². The average Bonchev–Trinajstić information content (AvgIpc) is 2.25. The van der Waals surface area contributed by atoms with Gasteiger partial charge in [0.15, 0.2) is 0 Å². The summed E-state index contributed by atoms with van der Waals surface area (Å²) in [7, 11) is 0. The molecule has 0 aromatic heterocycles. The largest absolute Gasteiger partial charge is 0.481 e. The first-order valence-electron chi connectivity index (χ1n) is 5.88. The second-order valence-corrected chi connectivity index (χ2v) is 3.69. The minimum Gasteiger partial charge on any atom is -0.481 e. The highest BCUT2D eigenvalue weighted by Gasteiger charge is 1.95. The lowest BCUT2D eigenvalue weighted by Gasteiger charge is -1.98. The number of rotatable bonds is 8. The van der Waals surface area contributed by atoms with Crippen LogP contribution in [0.15, 0.2) is 0 Å². The molecule has 0 amide bonds. The van der Waals surface area contributed by atoms with Gasteiger partial charge < -0.3 is 5.11 Å². The van der Waals surface area contributed by atoms with Crippen molar-refractivity contribution in [1.82, 2.24) is 0 Å². The molecule has 0 aromatic rings. The van der Waals surface area contributed by atoms with E-state index in [9.17, 15) is 4.79 Å². The highest BCUT2D eigenvalue weighted by atomic mass is 16.4. The number of hydrogen-bond donors (Lipinski definition) is 1. The second-order valence-electron chi connectivity index (χ2n) is 3.69. The lowest BCUT2D eigenvalue weighted by molar-refractivity contribution is -0.137. The van der Waals surface area contributed by atoms with Gasteiger partial charge in [0.25, 0.3) is 0 Å². The molecule has 0 radical (unpaired) electrons. The van der Waals surface area contributed by atoms with E-state index in [-0.39, 0.29) is 0 Å². The molecule has 0 saturated heterocycles. The van der Waals surface area contributed by atoms with E-state index in [0.717, 1.165) is 32.1 Å². The Morgan fingerprint density at radius 1 is 1.00 bits per heavy atom. The van der Waals surface area contributed by atoms with Crippen LogP contribution in [-0.2, 0) is 4.79 Å². The van der Waals surface area contributed by atoms with Crippen LogP contribution in [0, 0.1) is 23.7 Å². The minimum absolute atomic E-state index is 0.307. The summed E-state index contributed by atoms with van der Waals surface area (Å²) in [5.74, 6) is 10.5. The molecule has 0 heterocycles. The summed E-state index contributed by atoms with van der Waals surface area (Å²) in [6, 6.07) is 0. The van der Waals surface area contributed by atoms with Gasteiger partial charge in [0.05, 0.1) is 0 Å². The molecular weight excluding hydrogens is 200 g/mol. The van der Waals surface area contributed by atoms with Crippen LogP contribution in [0.3, 0.4) is 0 Å². The third-order valence-corrected chi connectivity index (χ3v) is 2.22. The van der Waals surface area contributed by atoms with Crippen molar-refractivity contribution in [2.75, 3.05) is 0 Å². The first kappa shape index (κ1) is 14.6. The SMILES string of the molecule is CC#CC#CCCCCCCCCC(=O)O. The van der Waals surface area contributed by atoms with Gasteiger partial charge in [0.2, 0.25) is 0 Å². The first-order valence-corrected chi connectivity index (χ1v) is 5.88. The summed E-state index contributed by atoms with van der Waals surface area (Å²) >= 11 is 0. The summed E-state index contributed by atoms with van der Waals surface area (Å²) in [6.07, 6.45) is 7.68. The van der Waals surface area contributed by atoms with Crippen LogP contribution < -0.4 is 0 Å². The second kappa shape index (κ2) is 11.7. The number of carboxylic acid groups (broad SMARTS) is 1. The van der Waals surface area contributed by atoms with Gasteiger partial charge in [0, 0.05) is 12.8 Å². The maximum Gasteiger partial charge on any atom is 0.303 e.